The second kappa shape index (κ2) is 7.48. The second-order valence-electron chi connectivity index (χ2n) is 5.48. The highest BCUT2D eigenvalue weighted by Gasteiger charge is 2.36. The summed E-state index contributed by atoms with van der Waals surface area (Å²) in [5.74, 6) is 0.646. The predicted octanol–water partition coefficient (Wildman–Crippen LogP) is 1.09. The number of halogens is 1. The van der Waals surface area contributed by atoms with Crippen molar-refractivity contribution in [3.63, 3.8) is 0 Å². The van der Waals surface area contributed by atoms with E-state index in [1.807, 2.05) is 7.05 Å². The molecule has 2 aromatic rings. The maximum Gasteiger partial charge on any atom is 0.269 e. The van der Waals surface area contributed by atoms with E-state index in [0.717, 1.165) is 0 Å². The first-order chi connectivity index (χ1) is 11.4. The monoisotopic (exact) mass is 387 g/mol. The van der Waals surface area contributed by atoms with Crippen LogP contribution in [0.15, 0.2) is 41.6 Å². The molecular weight excluding hydrogens is 370 g/mol. The fourth-order valence-corrected chi connectivity index (χ4v) is 4.35. The van der Waals surface area contributed by atoms with Crippen molar-refractivity contribution in [2.24, 2.45) is 7.05 Å². The van der Waals surface area contributed by atoms with Crippen LogP contribution in [0.4, 0.5) is 5.69 Å². The van der Waals surface area contributed by atoms with Gasteiger partial charge < -0.3 is 9.88 Å². The Morgan fingerprint density at radius 3 is 2.56 bits per heavy atom. The van der Waals surface area contributed by atoms with Crippen LogP contribution in [-0.4, -0.2) is 46.8 Å². The molecule has 1 atom stereocenters. The van der Waals surface area contributed by atoms with Gasteiger partial charge in [0, 0.05) is 51.2 Å². The van der Waals surface area contributed by atoms with Crippen molar-refractivity contribution in [2.45, 2.75) is 10.9 Å². The lowest BCUT2D eigenvalue weighted by Crippen LogP contribution is -2.49. The van der Waals surface area contributed by atoms with Gasteiger partial charge in [0.15, 0.2) is 0 Å². The molecule has 1 fully saturated rings. The van der Waals surface area contributed by atoms with Crippen LogP contribution < -0.4 is 5.32 Å². The van der Waals surface area contributed by atoms with Gasteiger partial charge in [0.25, 0.3) is 5.69 Å². The molecule has 1 aromatic heterocycles. The number of hydrogen-bond acceptors (Lipinski definition) is 6. The largest absolute Gasteiger partial charge is 0.337 e. The number of nitro groups is 1. The molecule has 1 unspecified atom stereocenters. The number of nitrogens with one attached hydrogen (secondary N) is 1. The van der Waals surface area contributed by atoms with Crippen LogP contribution in [-0.2, 0) is 17.1 Å². The van der Waals surface area contributed by atoms with Gasteiger partial charge in [0.2, 0.25) is 10.0 Å². The molecule has 25 heavy (non-hydrogen) atoms. The Morgan fingerprint density at radius 2 is 2.00 bits per heavy atom. The molecule has 11 heteroatoms. The number of imidazole rings is 1. The quantitative estimate of drug-likeness (QED) is 0.621. The van der Waals surface area contributed by atoms with Gasteiger partial charge in [-0.25, -0.2) is 13.4 Å². The lowest BCUT2D eigenvalue weighted by Gasteiger charge is -2.34. The minimum Gasteiger partial charge on any atom is -0.337 e. The third kappa shape index (κ3) is 3.66. The minimum absolute atomic E-state index is 0. The van der Waals surface area contributed by atoms with Crippen LogP contribution in [0.25, 0.3) is 0 Å². The Hall–Kier alpha value is -2.01. The Balaban J connectivity index is 0.00000225. The molecule has 0 aliphatic carbocycles. The fraction of sp³-hybridized carbons (Fsp3) is 0.357. The summed E-state index contributed by atoms with van der Waals surface area (Å²) >= 11 is 0. The van der Waals surface area contributed by atoms with E-state index < -0.39 is 21.0 Å². The van der Waals surface area contributed by atoms with Crippen LogP contribution in [0.1, 0.15) is 11.9 Å². The fourth-order valence-electron chi connectivity index (χ4n) is 2.77. The molecule has 2 heterocycles. The van der Waals surface area contributed by atoms with E-state index in [-0.39, 0.29) is 23.0 Å². The summed E-state index contributed by atoms with van der Waals surface area (Å²) in [5.41, 5.74) is -0.144. The summed E-state index contributed by atoms with van der Waals surface area (Å²) in [5, 5.41) is 13.9. The molecule has 1 saturated heterocycles. The first-order valence-corrected chi connectivity index (χ1v) is 8.79. The molecule has 0 amide bonds. The van der Waals surface area contributed by atoms with Crippen molar-refractivity contribution in [2.75, 3.05) is 19.6 Å². The Kier molecular flexibility index (Phi) is 5.78. The van der Waals surface area contributed by atoms with E-state index in [9.17, 15) is 18.5 Å². The van der Waals surface area contributed by atoms with Crippen molar-refractivity contribution in [1.82, 2.24) is 19.2 Å². The number of nitrogens with zero attached hydrogens (tertiary/aromatic N) is 4. The number of piperazine rings is 1. The van der Waals surface area contributed by atoms with Gasteiger partial charge in [0.05, 0.1) is 15.9 Å². The molecule has 9 nitrogen and oxygen atoms in total. The number of rotatable bonds is 4. The topological polar surface area (TPSA) is 110 Å². The predicted molar refractivity (Wildman–Crippen MR) is 93.1 cm³/mol. The maximum atomic E-state index is 13.0. The third-order valence-electron chi connectivity index (χ3n) is 4.00. The Bertz CT molecular complexity index is 852. The normalized spacial score (nSPS) is 18.5. The molecular formula is C14H18ClN5O4S. The summed E-state index contributed by atoms with van der Waals surface area (Å²) in [6.07, 6.45) is 3.39. The van der Waals surface area contributed by atoms with Gasteiger partial charge in [0.1, 0.15) is 5.82 Å². The molecule has 1 aromatic carbocycles. The number of nitro benzene ring substituents is 1. The smallest absolute Gasteiger partial charge is 0.269 e. The lowest BCUT2D eigenvalue weighted by atomic mass is 10.2. The molecule has 136 valence electrons. The number of aromatic nitrogens is 2. The molecule has 1 aliphatic heterocycles. The number of sulfonamides is 1. The molecule has 0 bridgehead atoms. The van der Waals surface area contributed by atoms with E-state index in [2.05, 4.69) is 10.3 Å². The average Bonchev–Trinajstić information content (AvgIpc) is 3.01. The molecule has 0 spiro atoms. The summed E-state index contributed by atoms with van der Waals surface area (Å²) < 4.78 is 29.1. The minimum atomic E-state index is -3.78. The van der Waals surface area contributed by atoms with Gasteiger partial charge in [-0.15, -0.1) is 12.4 Å². The van der Waals surface area contributed by atoms with Gasteiger partial charge in [-0.3, -0.25) is 10.1 Å². The van der Waals surface area contributed by atoms with Crippen LogP contribution >= 0.6 is 12.4 Å². The summed E-state index contributed by atoms with van der Waals surface area (Å²) in [7, 11) is -1.97. The Labute approximate surface area is 151 Å². The molecule has 1 N–H and O–H groups in total. The SMILES string of the molecule is Cl.Cn1ccnc1C1CNCCN1S(=O)(=O)c1ccc([N+](=O)[O-])cc1. The van der Waals surface area contributed by atoms with Crippen molar-refractivity contribution >= 4 is 28.1 Å². The van der Waals surface area contributed by atoms with Gasteiger partial charge in [-0.1, -0.05) is 0 Å². The molecule has 3 rings (SSSR count). The van der Waals surface area contributed by atoms with Crippen molar-refractivity contribution in [3.05, 3.63) is 52.6 Å². The molecule has 0 radical (unpaired) electrons. The lowest BCUT2D eigenvalue weighted by molar-refractivity contribution is -0.384. The van der Waals surface area contributed by atoms with Gasteiger partial charge in [-0.05, 0) is 12.1 Å². The van der Waals surface area contributed by atoms with Crippen LogP contribution in [0.2, 0.25) is 0 Å². The van der Waals surface area contributed by atoms with E-state index in [1.165, 1.54) is 28.6 Å². The van der Waals surface area contributed by atoms with E-state index in [1.54, 1.807) is 17.0 Å². The molecule has 0 saturated carbocycles. The Morgan fingerprint density at radius 1 is 1.32 bits per heavy atom. The second-order valence-corrected chi connectivity index (χ2v) is 7.37. The zero-order chi connectivity index (χ0) is 17.3. The standard InChI is InChI=1S/C14H17N5O4S.ClH/c1-17-8-7-16-14(17)13-10-15-6-9-18(13)24(22,23)12-4-2-11(3-5-12)19(20)21;/h2-5,7-8,13,15H,6,9-10H2,1H3;1H. The third-order valence-corrected chi connectivity index (χ3v) is 5.93. The zero-order valence-corrected chi connectivity index (χ0v) is 15.0. The van der Waals surface area contributed by atoms with E-state index >= 15 is 0 Å². The van der Waals surface area contributed by atoms with Gasteiger partial charge >= 0.3 is 0 Å². The first-order valence-electron chi connectivity index (χ1n) is 7.35. The zero-order valence-electron chi connectivity index (χ0n) is 13.4. The summed E-state index contributed by atoms with van der Waals surface area (Å²) in [4.78, 5) is 14.5. The van der Waals surface area contributed by atoms with Gasteiger partial charge in [-0.2, -0.15) is 4.31 Å². The highest BCUT2D eigenvalue weighted by molar-refractivity contribution is 7.89. The van der Waals surface area contributed by atoms with Crippen molar-refractivity contribution in [1.29, 1.82) is 0 Å². The van der Waals surface area contributed by atoms with Crippen LogP contribution in [0.5, 0.6) is 0 Å². The van der Waals surface area contributed by atoms with E-state index in [4.69, 9.17) is 0 Å². The number of hydrogen-bond donors (Lipinski definition) is 1. The van der Waals surface area contributed by atoms with Crippen LogP contribution in [0, 0.1) is 10.1 Å². The number of aryl methyl sites for hydroxylation is 1. The highest BCUT2D eigenvalue weighted by atomic mass is 35.5. The van der Waals surface area contributed by atoms with Crippen molar-refractivity contribution < 1.29 is 13.3 Å². The molecule has 1 aliphatic rings. The highest BCUT2D eigenvalue weighted by Crippen LogP contribution is 2.28. The van der Waals surface area contributed by atoms with E-state index in [0.29, 0.717) is 25.5 Å². The van der Waals surface area contributed by atoms with Crippen molar-refractivity contribution in [3.8, 4) is 0 Å². The first kappa shape index (κ1) is 19.3. The number of non-ortho nitro benzene ring substituents is 1. The van der Waals surface area contributed by atoms with Crippen LogP contribution in [0.3, 0.4) is 0 Å². The number of benzene rings is 1. The maximum absolute atomic E-state index is 13.0. The summed E-state index contributed by atoms with van der Waals surface area (Å²) in [6.45, 7) is 1.29. The summed E-state index contributed by atoms with van der Waals surface area (Å²) in [6, 6.07) is 4.50. The average molecular weight is 388 g/mol.